The van der Waals surface area contributed by atoms with E-state index in [0.717, 1.165) is 13.1 Å². The van der Waals surface area contributed by atoms with Gasteiger partial charge in [-0.05, 0) is 63.5 Å². The number of nitrogens with one attached hydrogen (secondary N) is 1. The second-order valence-electron chi connectivity index (χ2n) is 6.18. The zero-order chi connectivity index (χ0) is 16.7. The van der Waals surface area contributed by atoms with E-state index in [2.05, 4.69) is 17.1 Å². The molecular formula is C18H25FN2O2. The molecule has 5 heteroatoms. The minimum absolute atomic E-state index is 0.0112. The lowest BCUT2D eigenvalue weighted by Gasteiger charge is -2.23. The Morgan fingerprint density at radius 3 is 2.48 bits per heavy atom. The highest BCUT2D eigenvalue weighted by Crippen LogP contribution is 2.11. The van der Waals surface area contributed by atoms with Gasteiger partial charge < -0.3 is 5.32 Å². The number of hydrogen-bond acceptors (Lipinski definition) is 3. The molecule has 0 radical (unpaired) electrons. The Morgan fingerprint density at radius 2 is 1.83 bits per heavy atom. The molecule has 1 amide bonds. The smallest absolute Gasteiger partial charge is 0.220 e. The summed E-state index contributed by atoms with van der Waals surface area (Å²) in [6.07, 6.45) is 3.65. The van der Waals surface area contributed by atoms with Crippen LogP contribution in [0, 0.1) is 5.82 Å². The van der Waals surface area contributed by atoms with Gasteiger partial charge in [0.05, 0.1) is 0 Å². The molecule has 23 heavy (non-hydrogen) atoms. The van der Waals surface area contributed by atoms with Crippen LogP contribution in [-0.4, -0.2) is 42.3 Å². The minimum Gasteiger partial charge on any atom is -0.355 e. The highest BCUT2D eigenvalue weighted by atomic mass is 19.1. The molecule has 1 atom stereocenters. The lowest BCUT2D eigenvalue weighted by atomic mass is 10.1. The summed E-state index contributed by atoms with van der Waals surface area (Å²) in [5, 5.41) is 2.94. The van der Waals surface area contributed by atoms with Crippen molar-refractivity contribution in [3.05, 3.63) is 35.6 Å². The topological polar surface area (TPSA) is 49.4 Å². The van der Waals surface area contributed by atoms with Crippen LogP contribution in [0.1, 0.15) is 49.4 Å². The first-order valence-electron chi connectivity index (χ1n) is 8.36. The molecule has 1 heterocycles. The average Bonchev–Trinajstić information content (AvgIpc) is 3.07. The van der Waals surface area contributed by atoms with Crippen LogP contribution in [0.5, 0.6) is 0 Å². The Balaban J connectivity index is 1.62. The highest BCUT2D eigenvalue weighted by molar-refractivity contribution is 5.96. The molecule has 1 saturated heterocycles. The number of Topliss-reactive ketones (excluding diaryl/α,β-unsaturated/α-hetero) is 1. The van der Waals surface area contributed by atoms with Crippen LogP contribution in [0.15, 0.2) is 24.3 Å². The van der Waals surface area contributed by atoms with Crippen molar-refractivity contribution in [3.8, 4) is 0 Å². The average molecular weight is 320 g/mol. The molecule has 1 fully saturated rings. The first-order chi connectivity index (χ1) is 11.1. The largest absolute Gasteiger partial charge is 0.355 e. The van der Waals surface area contributed by atoms with Gasteiger partial charge in [-0.2, -0.15) is 0 Å². The number of likely N-dealkylation sites (tertiary alicyclic amines) is 1. The fourth-order valence-electron chi connectivity index (χ4n) is 2.85. The molecule has 1 aromatic carbocycles. The summed E-state index contributed by atoms with van der Waals surface area (Å²) in [5.41, 5.74) is 0.495. The fraction of sp³-hybridized carbons (Fsp3) is 0.556. The molecule has 126 valence electrons. The maximum Gasteiger partial charge on any atom is 0.220 e. The predicted octanol–water partition coefficient (Wildman–Crippen LogP) is 2.78. The van der Waals surface area contributed by atoms with Crippen molar-refractivity contribution < 1.29 is 14.0 Å². The van der Waals surface area contributed by atoms with Gasteiger partial charge in [-0.1, -0.05) is 0 Å². The number of rotatable bonds is 8. The quantitative estimate of drug-likeness (QED) is 0.749. The van der Waals surface area contributed by atoms with Crippen LogP contribution in [0.25, 0.3) is 0 Å². The molecule has 1 aliphatic heterocycles. The maximum atomic E-state index is 12.8. The van der Waals surface area contributed by atoms with Crippen LogP contribution >= 0.6 is 0 Å². The van der Waals surface area contributed by atoms with Gasteiger partial charge in [0.1, 0.15) is 5.82 Å². The van der Waals surface area contributed by atoms with Crippen molar-refractivity contribution in [2.75, 3.05) is 19.6 Å². The lowest BCUT2D eigenvalue weighted by molar-refractivity contribution is -0.121. The zero-order valence-corrected chi connectivity index (χ0v) is 13.7. The Hall–Kier alpha value is -1.75. The molecule has 1 N–H and O–H groups in total. The van der Waals surface area contributed by atoms with Gasteiger partial charge in [0.2, 0.25) is 5.91 Å². The number of carbonyl (C=O) groups excluding carboxylic acids is 2. The van der Waals surface area contributed by atoms with Gasteiger partial charge >= 0.3 is 0 Å². The van der Waals surface area contributed by atoms with Crippen LogP contribution < -0.4 is 5.32 Å². The third kappa shape index (κ3) is 5.75. The van der Waals surface area contributed by atoms with Crippen molar-refractivity contribution in [3.63, 3.8) is 0 Å². The fourth-order valence-corrected chi connectivity index (χ4v) is 2.85. The number of nitrogens with zero attached hydrogens (tertiary/aromatic N) is 1. The number of hydrogen-bond donors (Lipinski definition) is 1. The molecule has 0 saturated carbocycles. The first-order valence-corrected chi connectivity index (χ1v) is 8.36. The number of benzene rings is 1. The van der Waals surface area contributed by atoms with Crippen LogP contribution in [0.3, 0.4) is 0 Å². The maximum absolute atomic E-state index is 12.8. The molecule has 1 aliphatic rings. The van der Waals surface area contributed by atoms with E-state index >= 15 is 0 Å². The minimum atomic E-state index is -0.354. The van der Waals surface area contributed by atoms with Crippen molar-refractivity contribution in [1.29, 1.82) is 0 Å². The highest BCUT2D eigenvalue weighted by Gasteiger charge is 2.18. The van der Waals surface area contributed by atoms with E-state index in [1.54, 1.807) is 0 Å². The first kappa shape index (κ1) is 17.6. The molecule has 0 bridgehead atoms. The van der Waals surface area contributed by atoms with E-state index in [9.17, 15) is 14.0 Å². The normalized spacial score (nSPS) is 16.3. The Bertz CT molecular complexity index is 524. The standard InChI is InChI=1S/C18H25FN2O2/c1-14(21-11-2-3-12-21)13-20-18(23)6-4-5-17(22)15-7-9-16(19)10-8-15/h7-10,14H,2-6,11-13H2,1H3,(H,20,23). The molecule has 0 spiro atoms. The van der Waals surface area contributed by atoms with Crippen molar-refractivity contribution >= 4 is 11.7 Å². The van der Waals surface area contributed by atoms with E-state index in [-0.39, 0.29) is 17.5 Å². The summed E-state index contributed by atoms with van der Waals surface area (Å²) < 4.78 is 12.8. The Kier molecular flexibility index (Phi) is 6.71. The van der Waals surface area contributed by atoms with E-state index in [0.29, 0.717) is 37.4 Å². The van der Waals surface area contributed by atoms with Crippen LogP contribution in [0.4, 0.5) is 4.39 Å². The molecule has 1 aromatic rings. The molecule has 1 unspecified atom stereocenters. The second kappa shape index (κ2) is 8.77. The van der Waals surface area contributed by atoms with Gasteiger partial charge in [0.25, 0.3) is 0 Å². The number of amides is 1. The van der Waals surface area contributed by atoms with Crippen LogP contribution in [0.2, 0.25) is 0 Å². The van der Waals surface area contributed by atoms with Crippen LogP contribution in [-0.2, 0) is 4.79 Å². The molecule has 4 nitrogen and oxygen atoms in total. The number of ketones is 1. The number of carbonyl (C=O) groups is 2. The third-order valence-corrected chi connectivity index (χ3v) is 4.33. The van der Waals surface area contributed by atoms with Gasteiger partial charge in [0.15, 0.2) is 5.78 Å². The second-order valence-corrected chi connectivity index (χ2v) is 6.18. The van der Waals surface area contributed by atoms with Crippen molar-refractivity contribution in [2.24, 2.45) is 0 Å². The monoisotopic (exact) mass is 320 g/mol. The van der Waals surface area contributed by atoms with Gasteiger partial charge in [0, 0.05) is 31.0 Å². The summed E-state index contributed by atoms with van der Waals surface area (Å²) in [4.78, 5) is 26.1. The van der Waals surface area contributed by atoms with E-state index in [1.807, 2.05) is 0 Å². The van der Waals surface area contributed by atoms with E-state index in [4.69, 9.17) is 0 Å². The Labute approximate surface area is 137 Å². The van der Waals surface area contributed by atoms with Gasteiger partial charge in [-0.25, -0.2) is 4.39 Å². The summed E-state index contributed by atoms with van der Waals surface area (Å²) in [6.45, 7) is 5.01. The molecule has 0 aromatic heterocycles. The lowest BCUT2D eigenvalue weighted by Crippen LogP contribution is -2.40. The summed E-state index contributed by atoms with van der Waals surface area (Å²) in [7, 11) is 0. The third-order valence-electron chi connectivity index (χ3n) is 4.33. The molecule has 0 aliphatic carbocycles. The summed E-state index contributed by atoms with van der Waals surface area (Å²) in [6, 6.07) is 5.88. The van der Waals surface area contributed by atoms with Crippen molar-refractivity contribution in [1.82, 2.24) is 10.2 Å². The SMILES string of the molecule is CC(CNC(=O)CCCC(=O)c1ccc(F)cc1)N1CCCC1. The predicted molar refractivity (Wildman–Crippen MR) is 87.9 cm³/mol. The Morgan fingerprint density at radius 1 is 1.17 bits per heavy atom. The van der Waals surface area contributed by atoms with Gasteiger partial charge in [-0.3, -0.25) is 14.5 Å². The molecular weight excluding hydrogens is 295 g/mol. The van der Waals surface area contributed by atoms with Gasteiger partial charge in [-0.15, -0.1) is 0 Å². The summed E-state index contributed by atoms with van der Waals surface area (Å²) in [5.74, 6) is -0.417. The van der Waals surface area contributed by atoms with E-state index < -0.39 is 0 Å². The molecule has 2 rings (SSSR count). The zero-order valence-electron chi connectivity index (χ0n) is 13.7. The van der Waals surface area contributed by atoms with E-state index in [1.165, 1.54) is 37.1 Å². The summed E-state index contributed by atoms with van der Waals surface area (Å²) >= 11 is 0. The van der Waals surface area contributed by atoms with Crippen molar-refractivity contribution in [2.45, 2.75) is 45.1 Å². The number of halogens is 1.